The van der Waals surface area contributed by atoms with Gasteiger partial charge >= 0.3 is 0 Å². The summed E-state index contributed by atoms with van der Waals surface area (Å²) in [5.41, 5.74) is 7.54. The van der Waals surface area contributed by atoms with Crippen LogP contribution in [-0.4, -0.2) is 35.7 Å². The first kappa shape index (κ1) is 17.9. The highest BCUT2D eigenvalue weighted by molar-refractivity contribution is 5.96. The number of carbonyl (C=O) groups is 2. The molecular weight excluding hydrogens is 320 g/mol. The number of nitrogens with zero attached hydrogens (tertiary/aromatic N) is 1. The van der Waals surface area contributed by atoms with Gasteiger partial charge in [-0.2, -0.15) is 0 Å². The van der Waals surface area contributed by atoms with Crippen molar-refractivity contribution in [3.8, 4) is 0 Å². The molecule has 0 atom stereocenters. The number of anilines is 1. The quantitative estimate of drug-likeness (QED) is 0.346. The molecule has 130 valence electrons. The Balaban J connectivity index is 1.69. The first-order valence-corrected chi connectivity index (χ1v) is 7.65. The highest BCUT2D eigenvalue weighted by atomic mass is 16.2. The predicted octanol–water partition coefficient (Wildman–Crippen LogP) is 0.210. The molecule has 0 aliphatic carbocycles. The predicted molar refractivity (Wildman–Crippen MR) is 95.0 cm³/mol. The van der Waals surface area contributed by atoms with Crippen molar-refractivity contribution in [2.45, 2.75) is 6.54 Å². The van der Waals surface area contributed by atoms with E-state index in [4.69, 9.17) is 11.1 Å². The van der Waals surface area contributed by atoms with Gasteiger partial charge in [0.05, 0.1) is 13.1 Å². The molecular formula is C17H20N6O2. The maximum Gasteiger partial charge on any atom is 0.239 e. The number of carbonyl (C=O) groups excluding carboxylic acids is 2. The Morgan fingerprint density at radius 3 is 2.60 bits per heavy atom. The van der Waals surface area contributed by atoms with E-state index < -0.39 is 0 Å². The van der Waals surface area contributed by atoms with Crippen molar-refractivity contribution < 1.29 is 9.59 Å². The van der Waals surface area contributed by atoms with Crippen LogP contribution in [0.4, 0.5) is 5.69 Å². The van der Waals surface area contributed by atoms with Gasteiger partial charge in [0.2, 0.25) is 11.8 Å². The molecule has 6 N–H and O–H groups in total. The van der Waals surface area contributed by atoms with Crippen molar-refractivity contribution in [1.82, 2.24) is 15.6 Å². The van der Waals surface area contributed by atoms with Crippen LogP contribution in [0, 0.1) is 5.41 Å². The Labute approximate surface area is 145 Å². The lowest BCUT2D eigenvalue weighted by molar-refractivity contribution is -0.125. The Morgan fingerprint density at radius 1 is 1.08 bits per heavy atom. The Morgan fingerprint density at radius 2 is 1.88 bits per heavy atom. The summed E-state index contributed by atoms with van der Waals surface area (Å²) in [6, 6.07) is 10.5. The normalized spacial score (nSPS) is 9.92. The lowest BCUT2D eigenvalue weighted by Gasteiger charge is -2.09. The Hall–Kier alpha value is -3.42. The number of nitrogen functional groups attached to an aromatic ring is 1. The van der Waals surface area contributed by atoms with E-state index in [2.05, 4.69) is 20.9 Å². The van der Waals surface area contributed by atoms with E-state index in [-0.39, 0.29) is 30.7 Å². The second-order valence-corrected chi connectivity index (χ2v) is 5.26. The van der Waals surface area contributed by atoms with Crippen LogP contribution < -0.4 is 21.7 Å². The second-order valence-electron chi connectivity index (χ2n) is 5.26. The lowest BCUT2D eigenvalue weighted by atomic mass is 10.2. The van der Waals surface area contributed by atoms with Gasteiger partial charge in [0, 0.05) is 30.2 Å². The molecule has 0 saturated heterocycles. The summed E-state index contributed by atoms with van der Waals surface area (Å²) < 4.78 is 0. The number of rotatable bonds is 8. The molecule has 8 nitrogen and oxygen atoms in total. The van der Waals surface area contributed by atoms with Crippen molar-refractivity contribution in [2.75, 3.05) is 18.4 Å². The van der Waals surface area contributed by atoms with Gasteiger partial charge in [-0.15, -0.1) is 0 Å². The van der Waals surface area contributed by atoms with E-state index >= 15 is 0 Å². The molecule has 1 heterocycles. The molecule has 0 aliphatic heterocycles. The van der Waals surface area contributed by atoms with Crippen LogP contribution in [0.15, 0.2) is 48.8 Å². The van der Waals surface area contributed by atoms with Crippen LogP contribution in [0.25, 0.3) is 0 Å². The lowest BCUT2D eigenvalue weighted by Crippen LogP contribution is -2.39. The zero-order valence-electron chi connectivity index (χ0n) is 13.6. The summed E-state index contributed by atoms with van der Waals surface area (Å²) in [7, 11) is 0. The van der Waals surface area contributed by atoms with Gasteiger partial charge in [-0.25, -0.2) is 0 Å². The van der Waals surface area contributed by atoms with E-state index in [1.165, 1.54) is 0 Å². The molecule has 8 heteroatoms. The van der Waals surface area contributed by atoms with E-state index in [1.807, 2.05) is 6.07 Å². The van der Waals surface area contributed by atoms with Gasteiger partial charge < -0.3 is 21.7 Å². The highest BCUT2D eigenvalue weighted by Gasteiger charge is 2.06. The molecule has 0 bridgehead atoms. The van der Waals surface area contributed by atoms with Crippen molar-refractivity contribution in [2.24, 2.45) is 5.73 Å². The number of benzene rings is 1. The van der Waals surface area contributed by atoms with E-state index in [0.29, 0.717) is 17.8 Å². The number of amides is 2. The molecule has 2 amide bonds. The molecule has 0 spiro atoms. The maximum absolute atomic E-state index is 11.8. The molecule has 2 rings (SSSR count). The fourth-order valence-corrected chi connectivity index (χ4v) is 1.99. The third-order valence-corrected chi connectivity index (χ3v) is 3.29. The Bertz CT molecular complexity index is 748. The van der Waals surface area contributed by atoms with E-state index in [1.54, 1.807) is 42.7 Å². The molecule has 0 unspecified atom stereocenters. The van der Waals surface area contributed by atoms with Crippen molar-refractivity contribution in [1.29, 1.82) is 5.41 Å². The average molecular weight is 340 g/mol. The van der Waals surface area contributed by atoms with Crippen molar-refractivity contribution >= 4 is 23.3 Å². The maximum atomic E-state index is 11.8. The molecule has 1 aromatic carbocycles. The molecule has 0 radical (unpaired) electrons. The minimum Gasteiger partial charge on any atom is -0.384 e. The topological polar surface area (TPSA) is 133 Å². The van der Waals surface area contributed by atoms with Crippen LogP contribution in [0.3, 0.4) is 0 Å². The largest absolute Gasteiger partial charge is 0.384 e. The standard InChI is InChI=1S/C17H20N6O2/c18-17(19)13-4-1-5-14(7-13)21-10-15(24)23-11-16(25)22-9-12-3-2-6-20-8-12/h1-8,21H,9-11H2,(H3,18,19)(H,22,25)(H,23,24). The fraction of sp³-hybridized carbons (Fsp3) is 0.176. The van der Waals surface area contributed by atoms with E-state index in [9.17, 15) is 9.59 Å². The Kier molecular flexibility index (Phi) is 6.47. The molecule has 0 saturated carbocycles. The third kappa shape index (κ3) is 6.30. The third-order valence-electron chi connectivity index (χ3n) is 3.29. The average Bonchev–Trinajstić information content (AvgIpc) is 2.64. The smallest absolute Gasteiger partial charge is 0.239 e. The second kappa shape index (κ2) is 9.02. The van der Waals surface area contributed by atoms with Gasteiger partial charge in [-0.1, -0.05) is 18.2 Å². The van der Waals surface area contributed by atoms with Crippen molar-refractivity contribution in [3.63, 3.8) is 0 Å². The summed E-state index contributed by atoms with van der Waals surface area (Å²) in [6.07, 6.45) is 3.32. The van der Waals surface area contributed by atoms with Gasteiger partial charge in [-0.3, -0.25) is 20.0 Å². The summed E-state index contributed by atoms with van der Waals surface area (Å²) in [5.74, 6) is -0.640. The minimum absolute atomic E-state index is 0.0112. The van der Waals surface area contributed by atoms with Crippen LogP contribution in [0.1, 0.15) is 11.1 Å². The number of pyridine rings is 1. The van der Waals surface area contributed by atoms with Crippen LogP contribution in [0.2, 0.25) is 0 Å². The summed E-state index contributed by atoms with van der Waals surface area (Å²) >= 11 is 0. The first-order valence-electron chi connectivity index (χ1n) is 7.65. The highest BCUT2D eigenvalue weighted by Crippen LogP contribution is 2.09. The molecule has 2 aromatic rings. The molecule has 0 fully saturated rings. The number of hydrogen-bond acceptors (Lipinski definition) is 5. The van der Waals surface area contributed by atoms with Crippen LogP contribution in [0.5, 0.6) is 0 Å². The molecule has 1 aromatic heterocycles. The number of amidine groups is 1. The van der Waals surface area contributed by atoms with Crippen LogP contribution in [-0.2, 0) is 16.1 Å². The summed E-state index contributed by atoms with van der Waals surface area (Å²) in [6.45, 7) is 0.268. The number of nitrogens with two attached hydrogens (primary N) is 1. The van der Waals surface area contributed by atoms with E-state index in [0.717, 1.165) is 5.56 Å². The number of hydrogen-bond donors (Lipinski definition) is 5. The van der Waals surface area contributed by atoms with Gasteiger partial charge in [-0.05, 0) is 23.8 Å². The number of nitrogens with one attached hydrogen (secondary N) is 4. The van der Waals surface area contributed by atoms with Gasteiger partial charge in [0.15, 0.2) is 0 Å². The van der Waals surface area contributed by atoms with Gasteiger partial charge in [0.25, 0.3) is 0 Å². The first-order chi connectivity index (χ1) is 12.0. The van der Waals surface area contributed by atoms with Crippen LogP contribution >= 0.6 is 0 Å². The summed E-state index contributed by atoms with van der Waals surface area (Å²) in [5, 5.41) is 15.5. The van der Waals surface area contributed by atoms with Crippen molar-refractivity contribution in [3.05, 3.63) is 59.9 Å². The molecule has 0 aliphatic rings. The number of aromatic nitrogens is 1. The monoisotopic (exact) mass is 340 g/mol. The fourth-order valence-electron chi connectivity index (χ4n) is 1.99. The zero-order valence-corrected chi connectivity index (χ0v) is 13.6. The molecule has 25 heavy (non-hydrogen) atoms. The zero-order chi connectivity index (χ0) is 18.1. The minimum atomic E-state index is -0.315. The van der Waals surface area contributed by atoms with Gasteiger partial charge in [0.1, 0.15) is 5.84 Å². The summed E-state index contributed by atoms with van der Waals surface area (Å²) in [4.78, 5) is 27.5. The SMILES string of the molecule is N=C(N)c1cccc(NCC(=O)NCC(=O)NCc2cccnc2)c1.